The van der Waals surface area contributed by atoms with Gasteiger partial charge >= 0.3 is 21.1 Å². The Morgan fingerprint density at radius 2 is 1.52 bits per heavy atom. The van der Waals surface area contributed by atoms with E-state index < -0.39 is 0 Å². The molecule has 8 aromatic rings. The molecule has 0 atom stereocenters. The van der Waals surface area contributed by atoms with Gasteiger partial charge in [0.15, 0.2) is 0 Å². The summed E-state index contributed by atoms with van der Waals surface area (Å²) in [7, 11) is 0. The Kier molecular flexibility index (Phi) is 7.54. The normalized spacial score (nSPS) is 11.6. The second-order valence-electron chi connectivity index (χ2n) is 12.2. The van der Waals surface area contributed by atoms with Crippen molar-refractivity contribution in [3.63, 3.8) is 0 Å². The van der Waals surface area contributed by atoms with Crippen LogP contribution in [0.5, 0.6) is 11.5 Å². The standard InChI is InChI=1S/C39H29N5O.Pt/c1-39(2,3)29-12-15-36-34(21-29)33-14-13-32(23-37(33)43(36)38-16-11-27(24-41-38)26-17-19-40-20-18-26)45-31-9-6-8-30(22-31)44-35-10-5-4-7-28(35)25-42-44;/h4-21,24-25H,1-3H3;/q-2;+2. The quantitative estimate of drug-likeness (QED) is 0.164. The van der Waals surface area contributed by atoms with E-state index in [1.807, 2.05) is 71.7 Å². The van der Waals surface area contributed by atoms with Gasteiger partial charge in [-0.15, -0.1) is 35.7 Å². The average Bonchev–Trinajstić information content (AvgIpc) is 3.64. The van der Waals surface area contributed by atoms with Crippen LogP contribution < -0.4 is 4.74 Å². The fourth-order valence-electron chi connectivity index (χ4n) is 5.82. The van der Waals surface area contributed by atoms with Crippen LogP contribution in [0.25, 0.3) is 55.3 Å². The van der Waals surface area contributed by atoms with Crippen molar-refractivity contribution in [1.29, 1.82) is 0 Å². The third-order valence-electron chi connectivity index (χ3n) is 8.18. The zero-order valence-electron chi connectivity index (χ0n) is 25.5. The van der Waals surface area contributed by atoms with E-state index >= 15 is 0 Å². The van der Waals surface area contributed by atoms with Crippen LogP contribution in [-0.4, -0.2) is 24.3 Å². The topological polar surface area (TPSA) is 57.8 Å². The molecule has 0 fully saturated rings. The molecule has 46 heavy (non-hydrogen) atoms. The van der Waals surface area contributed by atoms with Crippen LogP contribution >= 0.6 is 0 Å². The predicted octanol–water partition coefficient (Wildman–Crippen LogP) is 9.27. The summed E-state index contributed by atoms with van der Waals surface area (Å²) in [5.74, 6) is 1.98. The second-order valence-corrected chi connectivity index (χ2v) is 12.2. The average molecular weight is 779 g/mol. The zero-order valence-corrected chi connectivity index (χ0v) is 27.8. The van der Waals surface area contributed by atoms with Crippen molar-refractivity contribution in [3.05, 3.63) is 140 Å². The van der Waals surface area contributed by atoms with E-state index in [0.29, 0.717) is 11.5 Å². The number of para-hydroxylation sites is 1. The summed E-state index contributed by atoms with van der Waals surface area (Å²) in [6, 6.07) is 39.8. The summed E-state index contributed by atoms with van der Waals surface area (Å²) in [6.45, 7) is 6.71. The van der Waals surface area contributed by atoms with Gasteiger partial charge in [0, 0.05) is 46.6 Å². The molecule has 0 saturated heterocycles. The van der Waals surface area contributed by atoms with Crippen LogP contribution in [0.3, 0.4) is 0 Å². The van der Waals surface area contributed by atoms with Crippen molar-refractivity contribution in [2.45, 2.75) is 26.2 Å². The van der Waals surface area contributed by atoms with Crippen LogP contribution in [0.2, 0.25) is 0 Å². The Bertz CT molecular complexity index is 2330. The fraction of sp³-hybridized carbons (Fsp3) is 0.103. The van der Waals surface area contributed by atoms with Crippen molar-refractivity contribution in [2.75, 3.05) is 0 Å². The fourth-order valence-corrected chi connectivity index (χ4v) is 5.82. The molecular formula is C39H29N5OPt. The van der Waals surface area contributed by atoms with E-state index in [-0.39, 0.29) is 26.5 Å². The Labute approximate surface area is 281 Å². The van der Waals surface area contributed by atoms with Gasteiger partial charge in [0.1, 0.15) is 5.82 Å². The first-order valence-corrected chi connectivity index (χ1v) is 14.9. The molecule has 0 N–H and O–H groups in total. The molecule has 0 aliphatic carbocycles. The van der Waals surface area contributed by atoms with Gasteiger partial charge in [-0.05, 0) is 64.0 Å². The number of hydrogen-bond acceptors (Lipinski definition) is 4. The SMILES string of the molecule is CC(C)(C)c1ccc2c(c1)c1ccc(Oc3[c-]c(-n4ncc5ccccc54)ccc3)[c-]c1n2-c1ccc(-c2ccncc2)cn1.[Pt+2]. The number of pyridine rings is 2. The molecule has 4 heterocycles. The maximum atomic E-state index is 6.39. The van der Waals surface area contributed by atoms with Crippen molar-refractivity contribution in [2.24, 2.45) is 0 Å². The molecule has 0 amide bonds. The molecule has 0 aliphatic heterocycles. The minimum Gasteiger partial charge on any atom is -0.509 e. The Morgan fingerprint density at radius 1 is 0.696 bits per heavy atom. The van der Waals surface area contributed by atoms with Gasteiger partial charge in [-0.2, -0.15) is 17.2 Å². The first-order valence-electron chi connectivity index (χ1n) is 14.9. The largest absolute Gasteiger partial charge is 2.00 e. The minimum absolute atomic E-state index is 0. The number of benzene rings is 4. The van der Waals surface area contributed by atoms with Gasteiger partial charge in [0.2, 0.25) is 0 Å². The van der Waals surface area contributed by atoms with Crippen LogP contribution in [0.15, 0.2) is 122 Å². The third-order valence-corrected chi connectivity index (χ3v) is 8.18. The van der Waals surface area contributed by atoms with Gasteiger partial charge in [0.25, 0.3) is 0 Å². The molecule has 0 spiro atoms. The predicted molar refractivity (Wildman–Crippen MR) is 179 cm³/mol. The Hall–Kier alpha value is -5.06. The maximum Gasteiger partial charge on any atom is 2.00 e. The van der Waals surface area contributed by atoms with Crippen LogP contribution in [0.1, 0.15) is 26.3 Å². The molecule has 0 aliphatic rings. The number of aromatic nitrogens is 5. The van der Waals surface area contributed by atoms with E-state index in [1.54, 1.807) is 12.4 Å². The van der Waals surface area contributed by atoms with E-state index in [2.05, 4.69) is 90.0 Å². The number of nitrogens with zero attached hydrogens (tertiary/aromatic N) is 5. The summed E-state index contributed by atoms with van der Waals surface area (Å²) < 4.78 is 10.4. The summed E-state index contributed by atoms with van der Waals surface area (Å²) in [6.07, 6.45) is 7.36. The van der Waals surface area contributed by atoms with E-state index in [9.17, 15) is 0 Å². The first-order chi connectivity index (χ1) is 21.9. The van der Waals surface area contributed by atoms with Crippen LogP contribution in [0, 0.1) is 12.1 Å². The molecule has 6 nitrogen and oxygen atoms in total. The van der Waals surface area contributed by atoms with Crippen molar-refractivity contribution >= 4 is 32.7 Å². The van der Waals surface area contributed by atoms with E-state index in [1.165, 1.54) is 5.56 Å². The minimum atomic E-state index is 0. The number of ether oxygens (including phenoxy) is 1. The van der Waals surface area contributed by atoms with Crippen molar-refractivity contribution < 1.29 is 25.8 Å². The molecular weight excluding hydrogens is 750 g/mol. The van der Waals surface area contributed by atoms with Crippen molar-refractivity contribution in [1.82, 2.24) is 24.3 Å². The monoisotopic (exact) mass is 778 g/mol. The van der Waals surface area contributed by atoms with Gasteiger partial charge in [-0.25, -0.2) is 4.98 Å². The van der Waals surface area contributed by atoms with Crippen molar-refractivity contribution in [3.8, 4) is 34.1 Å². The molecule has 4 aromatic carbocycles. The molecule has 7 heteroatoms. The number of fused-ring (bicyclic) bond motifs is 4. The second kappa shape index (κ2) is 11.7. The van der Waals surface area contributed by atoms with E-state index in [4.69, 9.17) is 9.72 Å². The molecule has 0 radical (unpaired) electrons. The molecule has 0 unspecified atom stereocenters. The molecule has 8 rings (SSSR count). The van der Waals surface area contributed by atoms with Gasteiger partial charge < -0.3 is 9.30 Å². The molecule has 0 saturated carbocycles. The van der Waals surface area contributed by atoms with Gasteiger partial charge in [-0.1, -0.05) is 56.6 Å². The van der Waals surface area contributed by atoms with Crippen LogP contribution in [0.4, 0.5) is 0 Å². The molecule has 4 aromatic heterocycles. The Morgan fingerprint density at radius 3 is 2.33 bits per heavy atom. The zero-order chi connectivity index (χ0) is 30.5. The maximum absolute atomic E-state index is 6.39. The smallest absolute Gasteiger partial charge is 0.509 e. The first kappa shape index (κ1) is 29.6. The van der Waals surface area contributed by atoms with E-state index in [0.717, 1.165) is 55.3 Å². The molecule has 0 bridgehead atoms. The van der Waals surface area contributed by atoms with Gasteiger partial charge in [-0.3, -0.25) is 9.67 Å². The summed E-state index contributed by atoms with van der Waals surface area (Å²) in [4.78, 5) is 9.06. The van der Waals surface area contributed by atoms with Gasteiger partial charge in [0.05, 0.1) is 11.7 Å². The third kappa shape index (κ3) is 5.29. The number of rotatable bonds is 5. The number of hydrogen-bond donors (Lipinski definition) is 0. The summed E-state index contributed by atoms with van der Waals surface area (Å²) in [5.41, 5.74) is 7.17. The molecule has 226 valence electrons. The summed E-state index contributed by atoms with van der Waals surface area (Å²) >= 11 is 0. The Balaban J connectivity index is 0.00000338. The van der Waals surface area contributed by atoms with Crippen LogP contribution in [-0.2, 0) is 26.5 Å². The summed E-state index contributed by atoms with van der Waals surface area (Å²) in [5, 5.41) is 7.89.